The predicted octanol–water partition coefficient (Wildman–Crippen LogP) is 2.56. The van der Waals surface area contributed by atoms with Crippen LogP contribution in [-0.2, 0) is 33.0 Å². The maximum atomic E-state index is 13.9. The minimum absolute atomic E-state index is 0.0224. The molecule has 4 rings (SSSR count). The van der Waals surface area contributed by atoms with Crippen LogP contribution in [-0.4, -0.2) is 66.4 Å². The SMILES string of the molecule is CC(C(Cc1cscn1)C(=O)NCC(=O)N(C)C)N1CCC2(CC1)OCc1ccc(F)cc12. The summed E-state index contributed by atoms with van der Waals surface area (Å²) in [5, 5.41) is 4.78. The Labute approximate surface area is 197 Å². The minimum Gasteiger partial charge on any atom is -0.365 e. The topological polar surface area (TPSA) is 74.8 Å². The van der Waals surface area contributed by atoms with Gasteiger partial charge in [0.05, 0.1) is 35.9 Å². The number of benzene rings is 1. The summed E-state index contributed by atoms with van der Waals surface area (Å²) in [4.78, 5) is 33.2. The first kappa shape index (κ1) is 23.8. The van der Waals surface area contributed by atoms with Crippen LogP contribution in [0.5, 0.6) is 0 Å². The number of nitrogens with one attached hydrogen (secondary N) is 1. The van der Waals surface area contributed by atoms with E-state index in [1.54, 1.807) is 25.7 Å². The highest BCUT2D eigenvalue weighted by atomic mass is 32.1. The summed E-state index contributed by atoms with van der Waals surface area (Å²) in [6.07, 6.45) is 2.01. The maximum absolute atomic E-state index is 13.9. The van der Waals surface area contributed by atoms with Crippen LogP contribution >= 0.6 is 11.3 Å². The fourth-order valence-electron chi connectivity index (χ4n) is 4.85. The van der Waals surface area contributed by atoms with Gasteiger partial charge >= 0.3 is 0 Å². The van der Waals surface area contributed by atoms with E-state index >= 15 is 0 Å². The zero-order chi connectivity index (χ0) is 23.6. The van der Waals surface area contributed by atoms with Crippen molar-refractivity contribution in [2.24, 2.45) is 5.92 Å². The summed E-state index contributed by atoms with van der Waals surface area (Å²) in [5.41, 5.74) is 4.22. The number of thiazole rings is 1. The van der Waals surface area contributed by atoms with Gasteiger partial charge in [-0.1, -0.05) is 6.07 Å². The van der Waals surface area contributed by atoms with Crippen LogP contribution in [0.2, 0.25) is 0 Å². The second-order valence-corrected chi connectivity index (χ2v) is 9.88. The number of aromatic nitrogens is 1. The van der Waals surface area contributed by atoms with Gasteiger partial charge in [0.25, 0.3) is 0 Å². The van der Waals surface area contributed by atoms with Gasteiger partial charge in [0.15, 0.2) is 0 Å². The highest BCUT2D eigenvalue weighted by molar-refractivity contribution is 7.07. The number of halogens is 1. The molecule has 7 nitrogen and oxygen atoms in total. The Morgan fingerprint density at radius 3 is 2.76 bits per heavy atom. The minimum atomic E-state index is -0.446. The number of likely N-dealkylation sites (tertiary alicyclic amines) is 1. The molecule has 1 aromatic heterocycles. The number of hydrogen-bond donors (Lipinski definition) is 1. The lowest BCUT2D eigenvalue weighted by Gasteiger charge is -2.43. The third kappa shape index (κ3) is 5.10. The Morgan fingerprint density at radius 1 is 1.33 bits per heavy atom. The number of fused-ring (bicyclic) bond motifs is 2. The highest BCUT2D eigenvalue weighted by Gasteiger charge is 2.44. The molecule has 2 amide bonds. The van der Waals surface area contributed by atoms with Crippen LogP contribution < -0.4 is 5.32 Å². The van der Waals surface area contributed by atoms with Crippen LogP contribution in [0, 0.1) is 11.7 Å². The Balaban J connectivity index is 1.45. The second-order valence-electron chi connectivity index (χ2n) is 9.16. The van der Waals surface area contributed by atoms with Crippen molar-refractivity contribution in [2.45, 2.75) is 44.4 Å². The lowest BCUT2D eigenvalue weighted by atomic mass is 9.82. The number of hydrogen-bond acceptors (Lipinski definition) is 6. The van der Waals surface area contributed by atoms with Crippen molar-refractivity contribution in [3.05, 3.63) is 51.7 Å². The van der Waals surface area contributed by atoms with Gasteiger partial charge in [-0.15, -0.1) is 11.3 Å². The summed E-state index contributed by atoms with van der Waals surface area (Å²) in [7, 11) is 3.34. The molecule has 2 aliphatic heterocycles. The average molecular weight is 475 g/mol. The van der Waals surface area contributed by atoms with Crippen LogP contribution in [0.1, 0.15) is 36.6 Å². The number of rotatable bonds is 7. The van der Waals surface area contributed by atoms with Gasteiger partial charge in [-0.3, -0.25) is 14.5 Å². The van der Waals surface area contributed by atoms with Crippen LogP contribution in [0.25, 0.3) is 0 Å². The third-order valence-corrected chi connectivity index (χ3v) is 7.63. The Bertz CT molecular complexity index is 990. The smallest absolute Gasteiger partial charge is 0.241 e. The van der Waals surface area contributed by atoms with Crippen molar-refractivity contribution in [3.63, 3.8) is 0 Å². The molecule has 2 aliphatic rings. The van der Waals surface area contributed by atoms with Crippen molar-refractivity contribution < 1.29 is 18.7 Å². The molecular weight excluding hydrogens is 443 g/mol. The van der Waals surface area contributed by atoms with Crippen LogP contribution in [0.15, 0.2) is 29.1 Å². The van der Waals surface area contributed by atoms with E-state index < -0.39 is 5.60 Å². The molecule has 0 radical (unpaired) electrons. The van der Waals surface area contributed by atoms with Crippen molar-refractivity contribution >= 4 is 23.2 Å². The van der Waals surface area contributed by atoms with Crippen molar-refractivity contribution in [1.29, 1.82) is 0 Å². The molecule has 1 spiro atoms. The molecule has 2 unspecified atom stereocenters. The first-order valence-electron chi connectivity index (χ1n) is 11.3. The Kier molecular flexibility index (Phi) is 7.11. The molecule has 1 fully saturated rings. The van der Waals surface area contributed by atoms with Crippen LogP contribution in [0.4, 0.5) is 4.39 Å². The molecule has 3 heterocycles. The summed E-state index contributed by atoms with van der Waals surface area (Å²) in [6.45, 7) is 4.04. The number of carbonyl (C=O) groups excluding carboxylic acids is 2. The third-order valence-electron chi connectivity index (χ3n) is 6.99. The van der Waals surface area contributed by atoms with E-state index in [0.29, 0.717) is 13.0 Å². The molecule has 1 N–H and O–H groups in total. The van der Waals surface area contributed by atoms with Gasteiger partial charge in [-0.05, 0) is 43.0 Å². The first-order chi connectivity index (χ1) is 15.8. The van der Waals surface area contributed by atoms with Gasteiger partial charge in [-0.25, -0.2) is 9.37 Å². The largest absolute Gasteiger partial charge is 0.365 e. The number of ether oxygens (including phenoxy) is 1. The highest BCUT2D eigenvalue weighted by Crippen LogP contribution is 2.44. The Morgan fingerprint density at radius 2 is 2.09 bits per heavy atom. The monoisotopic (exact) mass is 474 g/mol. The van der Waals surface area contributed by atoms with Crippen LogP contribution in [0.3, 0.4) is 0 Å². The predicted molar refractivity (Wildman–Crippen MR) is 124 cm³/mol. The normalized spacial score (nSPS) is 19.2. The van der Waals surface area contributed by atoms with Crippen molar-refractivity contribution in [1.82, 2.24) is 20.1 Å². The zero-order valence-electron chi connectivity index (χ0n) is 19.3. The standard InChI is InChI=1S/C24H31FN4O3S/c1-16(20(11-19-14-33-15-27-19)23(31)26-12-22(30)28(2)3)29-8-6-24(7-9-29)21-10-18(25)5-4-17(21)13-32-24/h4-5,10,14-16,20H,6-9,11-13H2,1-3H3,(H,26,31). The van der Waals surface area contributed by atoms with E-state index in [4.69, 9.17) is 4.74 Å². The van der Waals surface area contributed by atoms with Gasteiger partial charge in [0, 0.05) is 45.0 Å². The molecule has 0 aliphatic carbocycles. The quantitative estimate of drug-likeness (QED) is 0.668. The molecule has 178 valence electrons. The Hall–Kier alpha value is -2.36. The molecule has 9 heteroatoms. The van der Waals surface area contributed by atoms with Gasteiger partial charge in [0.1, 0.15) is 5.82 Å². The number of likely N-dealkylation sites (N-methyl/N-ethyl adjacent to an activating group) is 1. The second kappa shape index (κ2) is 9.87. The zero-order valence-corrected chi connectivity index (χ0v) is 20.2. The van der Waals surface area contributed by atoms with Crippen molar-refractivity contribution in [3.8, 4) is 0 Å². The summed E-state index contributed by atoms with van der Waals surface area (Å²) in [6, 6.07) is 4.87. The van der Waals surface area contributed by atoms with E-state index in [2.05, 4.69) is 22.1 Å². The van der Waals surface area contributed by atoms with E-state index in [0.717, 1.165) is 42.8 Å². The molecule has 0 saturated carbocycles. The van der Waals surface area contributed by atoms with Gasteiger partial charge in [-0.2, -0.15) is 0 Å². The molecule has 33 heavy (non-hydrogen) atoms. The molecule has 1 aromatic carbocycles. The van der Waals surface area contributed by atoms with E-state index in [1.165, 1.54) is 22.3 Å². The molecular formula is C24H31FN4O3S. The van der Waals surface area contributed by atoms with Gasteiger partial charge < -0.3 is 15.0 Å². The van der Waals surface area contributed by atoms with E-state index in [-0.39, 0.29) is 36.1 Å². The summed E-state index contributed by atoms with van der Waals surface area (Å²) in [5.74, 6) is -0.866. The fraction of sp³-hybridized carbons (Fsp3) is 0.542. The molecule has 1 saturated heterocycles. The van der Waals surface area contributed by atoms with E-state index in [9.17, 15) is 14.0 Å². The number of nitrogens with zero attached hydrogens (tertiary/aromatic N) is 3. The number of carbonyl (C=O) groups is 2. The lowest BCUT2D eigenvalue weighted by Crippen LogP contribution is -2.52. The average Bonchev–Trinajstić information content (AvgIpc) is 3.44. The fourth-order valence-corrected chi connectivity index (χ4v) is 5.42. The molecule has 2 aromatic rings. The summed E-state index contributed by atoms with van der Waals surface area (Å²) < 4.78 is 20.1. The van der Waals surface area contributed by atoms with Gasteiger partial charge in [0.2, 0.25) is 11.8 Å². The first-order valence-corrected chi connectivity index (χ1v) is 12.3. The lowest BCUT2D eigenvalue weighted by molar-refractivity contribution is -0.134. The molecule has 0 bridgehead atoms. The maximum Gasteiger partial charge on any atom is 0.241 e. The number of amides is 2. The summed E-state index contributed by atoms with van der Waals surface area (Å²) >= 11 is 1.51. The van der Waals surface area contributed by atoms with Crippen molar-refractivity contribution in [2.75, 3.05) is 33.7 Å². The number of piperidine rings is 1. The van der Waals surface area contributed by atoms with E-state index in [1.807, 2.05) is 11.4 Å². The molecule has 2 atom stereocenters.